The third-order valence-electron chi connectivity index (χ3n) is 4.05. The van der Waals surface area contributed by atoms with Crippen LogP contribution >= 0.6 is 0 Å². The number of carbonyl (C=O) groups is 2. The Balaban J connectivity index is 1.65. The number of halogens is 3. The van der Waals surface area contributed by atoms with Crippen LogP contribution in [0.5, 0.6) is 0 Å². The van der Waals surface area contributed by atoms with Crippen LogP contribution in [0.15, 0.2) is 48.5 Å². The fraction of sp³-hybridized carbons (Fsp3) is 0.333. The fourth-order valence-electron chi connectivity index (χ4n) is 2.53. The lowest BCUT2D eigenvalue weighted by molar-refractivity contribution is -0.143. The molecular weight excluding hydrogens is 371 g/mol. The molecule has 2 rings (SSSR count). The van der Waals surface area contributed by atoms with E-state index in [1.165, 1.54) is 12.1 Å². The average Bonchev–Trinajstić information content (AvgIpc) is 2.64. The minimum atomic E-state index is -4.46. The number of amides is 1. The lowest BCUT2D eigenvalue weighted by Gasteiger charge is -2.09. The predicted molar refractivity (Wildman–Crippen MR) is 98.6 cm³/mol. The molecular formula is C21H22F3NO3. The Hall–Kier alpha value is -2.83. The van der Waals surface area contributed by atoms with Crippen LogP contribution in [-0.4, -0.2) is 25.0 Å². The highest BCUT2D eigenvalue weighted by molar-refractivity contribution is 5.76. The molecule has 2 aromatic rings. The number of benzene rings is 2. The molecule has 0 heterocycles. The van der Waals surface area contributed by atoms with Gasteiger partial charge in [0.1, 0.15) is 6.61 Å². The summed E-state index contributed by atoms with van der Waals surface area (Å²) in [6, 6.07) is 12.5. The molecule has 0 bridgehead atoms. The zero-order valence-corrected chi connectivity index (χ0v) is 15.5. The molecule has 0 unspecified atom stereocenters. The first kappa shape index (κ1) is 21.5. The van der Waals surface area contributed by atoms with E-state index < -0.39 is 17.7 Å². The molecule has 1 N–H and O–H groups in total. The van der Waals surface area contributed by atoms with E-state index >= 15 is 0 Å². The van der Waals surface area contributed by atoms with E-state index in [4.69, 9.17) is 4.74 Å². The van der Waals surface area contributed by atoms with Gasteiger partial charge in [0.05, 0.1) is 18.5 Å². The summed E-state index contributed by atoms with van der Waals surface area (Å²) in [6.07, 6.45) is -3.78. The van der Waals surface area contributed by atoms with Crippen molar-refractivity contribution < 1.29 is 27.5 Å². The molecule has 0 saturated heterocycles. The summed E-state index contributed by atoms with van der Waals surface area (Å²) in [6.45, 7) is 2.11. The summed E-state index contributed by atoms with van der Waals surface area (Å²) in [4.78, 5) is 23.5. The first-order valence-corrected chi connectivity index (χ1v) is 8.88. The Morgan fingerprint density at radius 1 is 1.04 bits per heavy atom. The van der Waals surface area contributed by atoms with Crippen LogP contribution in [0, 0.1) is 6.92 Å². The van der Waals surface area contributed by atoms with Gasteiger partial charge in [0.15, 0.2) is 0 Å². The van der Waals surface area contributed by atoms with Gasteiger partial charge in [-0.3, -0.25) is 9.59 Å². The van der Waals surface area contributed by atoms with Crippen molar-refractivity contribution in [1.29, 1.82) is 0 Å². The summed E-state index contributed by atoms with van der Waals surface area (Å²) in [5.74, 6) is -0.803. The van der Waals surface area contributed by atoms with E-state index in [1.54, 1.807) is 0 Å². The van der Waals surface area contributed by atoms with Crippen LogP contribution in [0.3, 0.4) is 0 Å². The lowest BCUT2D eigenvalue weighted by atomic mass is 10.1. The molecule has 1 amide bonds. The zero-order valence-electron chi connectivity index (χ0n) is 15.5. The van der Waals surface area contributed by atoms with Gasteiger partial charge in [-0.15, -0.1) is 0 Å². The summed E-state index contributed by atoms with van der Waals surface area (Å²) in [5.41, 5.74) is 1.63. The van der Waals surface area contributed by atoms with Gasteiger partial charge in [-0.25, -0.2) is 0 Å². The molecule has 0 atom stereocenters. The van der Waals surface area contributed by atoms with Crippen LogP contribution in [0.1, 0.15) is 28.7 Å². The average molecular weight is 393 g/mol. The highest BCUT2D eigenvalue weighted by Gasteiger charge is 2.30. The molecule has 0 spiro atoms. The Kier molecular flexibility index (Phi) is 7.61. The van der Waals surface area contributed by atoms with Crippen molar-refractivity contribution in [3.63, 3.8) is 0 Å². The van der Waals surface area contributed by atoms with Crippen molar-refractivity contribution in [2.75, 3.05) is 13.2 Å². The minimum Gasteiger partial charge on any atom is -0.464 e. The van der Waals surface area contributed by atoms with Gasteiger partial charge in [0.25, 0.3) is 0 Å². The third kappa shape index (κ3) is 7.42. The number of carbonyl (C=O) groups excluding carboxylic acids is 2. The molecule has 0 saturated carbocycles. The van der Waals surface area contributed by atoms with E-state index in [0.29, 0.717) is 12.8 Å². The number of hydrogen-bond acceptors (Lipinski definition) is 3. The maximum atomic E-state index is 12.7. The Bertz CT molecular complexity index is 801. The monoisotopic (exact) mass is 393 g/mol. The number of alkyl halides is 3. The van der Waals surface area contributed by atoms with Gasteiger partial charge in [0.2, 0.25) is 5.91 Å². The molecule has 28 heavy (non-hydrogen) atoms. The number of ether oxygens (including phenoxy) is 1. The van der Waals surface area contributed by atoms with Gasteiger partial charge in [-0.05, 0) is 30.5 Å². The van der Waals surface area contributed by atoms with Crippen molar-refractivity contribution in [1.82, 2.24) is 5.32 Å². The van der Waals surface area contributed by atoms with Crippen LogP contribution < -0.4 is 5.32 Å². The third-order valence-corrected chi connectivity index (χ3v) is 4.05. The first-order chi connectivity index (χ1) is 13.2. The van der Waals surface area contributed by atoms with E-state index in [0.717, 1.165) is 23.3 Å². The van der Waals surface area contributed by atoms with Crippen LogP contribution in [-0.2, 0) is 33.3 Å². The second kappa shape index (κ2) is 9.92. The molecule has 0 fully saturated rings. The molecule has 2 aromatic carbocycles. The predicted octanol–water partition coefficient (Wildman–Crippen LogP) is 3.85. The second-order valence-electron chi connectivity index (χ2n) is 6.43. The van der Waals surface area contributed by atoms with Crippen LogP contribution in [0.2, 0.25) is 0 Å². The standard InChI is InChI=1S/C21H22F3NO3/c1-15-5-7-16(8-6-15)9-10-19(26)25-11-12-28-20(27)14-17-3-2-4-18(13-17)21(22,23)24/h2-8,13H,9-12,14H2,1H3,(H,25,26). The molecule has 0 aliphatic rings. The number of hydrogen-bond donors (Lipinski definition) is 1. The van der Waals surface area contributed by atoms with E-state index in [1.807, 2.05) is 31.2 Å². The van der Waals surface area contributed by atoms with Crippen molar-refractivity contribution in [2.24, 2.45) is 0 Å². The molecule has 150 valence electrons. The summed E-state index contributed by atoms with van der Waals surface area (Å²) >= 11 is 0. The van der Waals surface area contributed by atoms with Crippen molar-refractivity contribution in [2.45, 2.75) is 32.4 Å². The highest BCUT2D eigenvalue weighted by Crippen LogP contribution is 2.29. The zero-order chi connectivity index (χ0) is 20.6. The van der Waals surface area contributed by atoms with Crippen molar-refractivity contribution in [3.8, 4) is 0 Å². The SMILES string of the molecule is Cc1ccc(CCC(=O)NCCOC(=O)Cc2cccc(C(F)(F)F)c2)cc1. The van der Waals surface area contributed by atoms with Crippen LogP contribution in [0.4, 0.5) is 13.2 Å². The Morgan fingerprint density at radius 3 is 2.43 bits per heavy atom. The number of aryl methyl sites for hydroxylation is 2. The molecule has 0 aliphatic carbocycles. The first-order valence-electron chi connectivity index (χ1n) is 8.88. The lowest BCUT2D eigenvalue weighted by Crippen LogP contribution is -2.28. The molecule has 0 aliphatic heterocycles. The quantitative estimate of drug-likeness (QED) is 0.548. The van der Waals surface area contributed by atoms with E-state index in [9.17, 15) is 22.8 Å². The van der Waals surface area contributed by atoms with Gasteiger partial charge >= 0.3 is 12.1 Å². The van der Waals surface area contributed by atoms with Crippen LogP contribution in [0.25, 0.3) is 0 Å². The maximum Gasteiger partial charge on any atom is 0.416 e. The molecule has 0 radical (unpaired) electrons. The molecule has 7 heteroatoms. The Labute approximate surface area is 161 Å². The number of rotatable bonds is 8. The summed E-state index contributed by atoms with van der Waals surface area (Å²) < 4.78 is 42.9. The molecule has 0 aromatic heterocycles. The normalized spacial score (nSPS) is 11.1. The second-order valence-corrected chi connectivity index (χ2v) is 6.43. The summed E-state index contributed by atoms with van der Waals surface area (Å²) in [5, 5.41) is 2.65. The smallest absolute Gasteiger partial charge is 0.416 e. The topological polar surface area (TPSA) is 55.4 Å². The fourth-order valence-corrected chi connectivity index (χ4v) is 2.53. The maximum absolute atomic E-state index is 12.7. The minimum absolute atomic E-state index is 0.0337. The largest absolute Gasteiger partial charge is 0.464 e. The molecule has 4 nitrogen and oxygen atoms in total. The van der Waals surface area contributed by atoms with Gasteiger partial charge in [-0.1, -0.05) is 48.0 Å². The van der Waals surface area contributed by atoms with Gasteiger partial charge in [0, 0.05) is 6.42 Å². The van der Waals surface area contributed by atoms with E-state index in [-0.39, 0.29) is 31.0 Å². The van der Waals surface area contributed by atoms with Gasteiger partial charge in [-0.2, -0.15) is 13.2 Å². The van der Waals surface area contributed by atoms with Gasteiger partial charge < -0.3 is 10.1 Å². The Morgan fingerprint density at radius 2 is 1.75 bits per heavy atom. The summed E-state index contributed by atoms with van der Waals surface area (Å²) in [7, 11) is 0. The van der Waals surface area contributed by atoms with Crippen molar-refractivity contribution in [3.05, 3.63) is 70.8 Å². The number of esters is 1. The number of nitrogens with one attached hydrogen (secondary N) is 1. The highest BCUT2D eigenvalue weighted by atomic mass is 19.4. The van der Waals surface area contributed by atoms with Crippen molar-refractivity contribution >= 4 is 11.9 Å². The van der Waals surface area contributed by atoms with E-state index in [2.05, 4.69) is 5.32 Å².